The van der Waals surface area contributed by atoms with Gasteiger partial charge in [-0.05, 0) is 24.3 Å². The van der Waals surface area contributed by atoms with E-state index in [0.29, 0.717) is 18.1 Å². The van der Waals surface area contributed by atoms with Crippen LogP contribution in [0.15, 0.2) is 41.3 Å². The normalized spacial score (nSPS) is 10.2. The lowest BCUT2D eigenvalue weighted by molar-refractivity contribution is -0.115. The number of rotatable bonds is 4. The van der Waals surface area contributed by atoms with E-state index < -0.39 is 0 Å². The lowest BCUT2D eigenvalue weighted by atomic mass is 10.1. The number of amides is 1. The number of hydrogen-bond donors (Lipinski definition) is 1. The van der Waals surface area contributed by atoms with E-state index in [4.69, 9.17) is 16.0 Å². The molecule has 0 saturated heterocycles. The first-order valence-corrected chi connectivity index (χ1v) is 5.68. The second-order valence-corrected chi connectivity index (χ2v) is 3.81. The lowest BCUT2D eigenvalue weighted by Crippen LogP contribution is -2.11. The van der Waals surface area contributed by atoms with Crippen LogP contribution in [0.4, 0.5) is 5.69 Å². The molecule has 1 heterocycles. The minimum absolute atomic E-state index is 0.0904. The van der Waals surface area contributed by atoms with Crippen LogP contribution < -0.4 is 5.32 Å². The summed E-state index contributed by atoms with van der Waals surface area (Å²) in [5.41, 5.74) is 1.65. The molecular formula is C12H11ClN2O2. The number of anilines is 1. The molecule has 2 aromatic rings. The molecule has 0 saturated carbocycles. The predicted octanol–water partition coefficient (Wildman–Crippen LogP) is 2.91. The minimum Gasteiger partial charge on any atom is -0.444 e. The van der Waals surface area contributed by atoms with Crippen LogP contribution in [0.1, 0.15) is 6.42 Å². The number of hydrogen-bond acceptors (Lipinski definition) is 3. The zero-order chi connectivity index (χ0) is 12.1. The first kappa shape index (κ1) is 11.7. The molecule has 1 N–H and O–H groups in total. The molecule has 88 valence electrons. The van der Waals surface area contributed by atoms with E-state index in [-0.39, 0.29) is 5.91 Å². The first-order chi connectivity index (χ1) is 8.29. The van der Waals surface area contributed by atoms with Gasteiger partial charge in [-0.25, -0.2) is 4.98 Å². The maximum atomic E-state index is 11.3. The minimum atomic E-state index is -0.0904. The van der Waals surface area contributed by atoms with Crippen molar-refractivity contribution in [2.45, 2.75) is 6.42 Å². The topological polar surface area (TPSA) is 55.1 Å². The summed E-state index contributed by atoms with van der Waals surface area (Å²) in [5, 5.41) is 2.75. The van der Waals surface area contributed by atoms with E-state index in [1.807, 2.05) is 24.3 Å². The zero-order valence-electron chi connectivity index (χ0n) is 9.02. The number of nitrogens with zero attached hydrogens (tertiary/aromatic N) is 1. The van der Waals surface area contributed by atoms with E-state index in [0.717, 1.165) is 11.3 Å². The molecule has 1 aromatic carbocycles. The van der Waals surface area contributed by atoms with Crippen LogP contribution in [-0.2, 0) is 4.79 Å². The van der Waals surface area contributed by atoms with Gasteiger partial charge in [0.1, 0.15) is 0 Å². The number of carbonyl (C=O) groups excluding carboxylic acids is 1. The van der Waals surface area contributed by atoms with Gasteiger partial charge in [0.2, 0.25) is 5.91 Å². The van der Waals surface area contributed by atoms with Gasteiger partial charge in [0, 0.05) is 23.6 Å². The van der Waals surface area contributed by atoms with Crippen molar-refractivity contribution >= 4 is 23.2 Å². The van der Waals surface area contributed by atoms with E-state index in [2.05, 4.69) is 10.3 Å². The fraction of sp³-hybridized carbons (Fsp3) is 0.167. The molecule has 5 heteroatoms. The molecule has 1 aromatic heterocycles. The smallest absolute Gasteiger partial charge is 0.225 e. The van der Waals surface area contributed by atoms with Gasteiger partial charge >= 0.3 is 0 Å². The Labute approximate surface area is 104 Å². The van der Waals surface area contributed by atoms with Gasteiger partial charge in [-0.2, -0.15) is 0 Å². The molecule has 0 radical (unpaired) electrons. The van der Waals surface area contributed by atoms with Crippen molar-refractivity contribution in [2.75, 3.05) is 11.2 Å². The summed E-state index contributed by atoms with van der Waals surface area (Å²) in [7, 11) is 0. The maximum absolute atomic E-state index is 11.3. The highest BCUT2D eigenvalue weighted by Gasteiger charge is 2.03. The molecule has 0 fully saturated rings. The fourth-order valence-electron chi connectivity index (χ4n) is 1.39. The quantitative estimate of drug-likeness (QED) is 0.849. The predicted molar refractivity (Wildman–Crippen MR) is 65.9 cm³/mol. The lowest BCUT2D eigenvalue weighted by Gasteiger charge is -2.04. The van der Waals surface area contributed by atoms with Gasteiger partial charge < -0.3 is 9.73 Å². The summed E-state index contributed by atoms with van der Waals surface area (Å²) in [6.45, 7) is 0. The summed E-state index contributed by atoms with van der Waals surface area (Å²) < 4.78 is 5.16. The van der Waals surface area contributed by atoms with Crippen LogP contribution in [0, 0.1) is 0 Å². The Morgan fingerprint density at radius 3 is 2.71 bits per heavy atom. The molecular weight excluding hydrogens is 240 g/mol. The summed E-state index contributed by atoms with van der Waals surface area (Å²) in [5.74, 6) is 0.929. The average Bonchev–Trinajstić information content (AvgIpc) is 2.84. The summed E-state index contributed by atoms with van der Waals surface area (Å²) in [4.78, 5) is 15.1. The Morgan fingerprint density at radius 2 is 2.12 bits per heavy atom. The van der Waals surface area contributed by atoms with E-state index in [1.165, 1.54) is 6.39 Å². The Kier molecular flexibility index (Phi) is 3.77. The van der Waals surface area contributed by atoms with Gasteiger partial charge in [-0.1, -0.05) is 0 Å². The van der Waals surface area contributed by atoms with E-state index >= 15 is 0 Å². The van der Waals surface area contributed by atoms with Crippen molar-refractivity contribution in [1.29, 1.82) is 0 Å². The highest BCUT2D eigenvalue weighted by Crippen LogP contribution is 2.20. The van der Waals surface area contributed by atoms with Crippen molar-refractivity contribution in [3.05, 3.63) is 36.9 Å². The largest absolute Gasteiger partial charge is 0.444 e. The fourth-order valence-corrected chi connectivity index (χ4v) is 1.56. The molecule has 0 aliphatic carbocycles. The Hall–Kier alpha value is -1.81. The second-order valence-electron chi connectivity index (χ2n) is 3.43. The van der Waals surface area contributed by atoms with E-state index in [1.54, 1.807) is 6.20 Å². The maximum Gasteiger partial charge on any atom is 0.225 e. The molecule has 0 aliphatic rings. The Bertz CT molecular complexity index is 480. The Balaban J connectivity index is 2.06. The van der Waals surface area contributed by atoms with Crippen LogP contribution in [0.2, 0.25) is 0 Å². The average molecular weight is 251 g/mol. The van der Waals surface area contributed by atoms with Crippen molar-refractivity contribution in [2.24, 2.45) is 0 Å². The second kappa shape index (κ2) is 5.50. The number of halogens is 1. The highest BCUT2D eigenvalue weighted by molar-refractivity contribution is 6.19. The van der Waals surface area contributed by atoms with Gasteiger partial charge in [0.25, 0.3) is 0 Å². The third-order valence-electron chi connectivity index (χ3n) is 2.21. The molecule has 17 heavy (non-hydrogen) atoms. The van der Waals surface area contributed by atoms with Crippen LogP contribution in [0.25, 0.3) is 11.3 Å². The molecule has 0 aliphatic heterocycles. The summed E-state index contributed by atoms with van der Waals surface area (Å²) in [6.07, 6.45) is 3.33. The van der Waals surface area contributed by atoms with E-state index in [9.17, 15) is 4.79 Å². The number of oxazole rings is 1. The SMILES string of the molecule is O=C(CCCl)Nc1ccc(-c2cnco2)cc1. The van der Waals surface area contributed by atoms with Crippen molar-refractivity contribution in [1.82, 2.24) is 4.98 Å². The molecule has 1 amide bonds. The van der Waals surface area contributed by atoms with Crippen molar-refractivity contribution in [3.8, 4) is 11.3 Å². The number of alkyl halides is 1. The van der Waals surface area contributed by atoms with Crippen LogP contribution in [0.3, 0.4) is 0 Å². The van der Waals surface area contributed by atoms with Crippen molar-refractivity contribution < 1.29 is 9.21 Å². The molecule has 0 atom stereocenters. The first-order valence-electron chi connectivity index (χ1n) is 5.14. The summed E-state index contributed by atoms with van der Waals surface area (Å²) >= 11 is 5.48. The van der Waals surface area contributed by atoms with Gasteiger partial charge in [-0.15, -0.1) is 11.6 Å². The van der Waals surface area contributed by atoms with Gasteiger partial charge in [0.15, 0.2) is 12.2 Å². The Morgan fingerprint density at radius 1 is 1.35 bits per heavy atom. The van der Waals surface area contributed by atoms with Crippen LogP contribution in [0.5, 0.6) is 0 Å². The molecule has 2 rings (SSSR count). The zero-order valence-corrected chi connectivity index (χ0v) is 9.78. The highest BCUT2D eigenvalue weighted by atomic mass is 35.5. The van der Waals surface area contributed by atoms with Gasteiger partial charge in [-0.3, -0.25) is 4.79 Å². The summed E-state index contributed by atoms with van der Waals surface area (Å²) in [6, 6.07) is 7.33. The molecule has 0 spiro atoms. The molecule has 4 nitrogen and oxygen atoms in total. The monoisotopic (exact) mass is 250 g/mol. The number of nitrogens with one attached hydrogen (secondary N) is 1. The van der Waals surface area contributed by atoms with Crippen molar-refractivity contribution in [3.63, 3.8) is 0 Å². The van der Waals surface area contributed by atoms with Crippen LogP contribution >= 0.6 is 11.6 Å². The third kappa shape index (κ3) is 3.07. The van der Waals surface area contributed by atoms with Crippen LogP contribution in [-0.4, -0.2) is 16.8 Å². The number of carbonyl (C=O) groups is 1. The molecule has 0 bridgehead atoms. The van der Waals surface area contributed by atoms with Gasteiger partial charge in [0.05, 0.1) is 6.20 Å². The molecule has 0 unspecified atom stereocenters. The third-order valence-corrected chi connectivity index (χ3v) is 2.40. The number of aromatic nitrogens is 1. The number of benzene rings is 1. The standard InChI is InChI=1S/C12H11ClN2O2/c13-6-5-12(16)15-10-3-1-9(2-4-10)11-7-14-8-17-11/h1-4,7-8H,5-6H2,(H,15,16).